The first-order chi connectivity index (χ1) is 12.0. The van der Waals surface area contributed by atoms with Crippen LogP contribution in [-0.4, -0.2) is 18.3 Å². The van der Waals surface area contributed by atoms with Gasteiger partial charge in [-0.15, -0.1) is 0 Å². The monoisotopic (exact) mass is 361 g/mol. The van der Waals surface area contributed by atoms with Crippen molar-refractivity contribution < 1.29 is 17.7 Å². The van der Waals surface area contributed by atoms with Crippen LogP contribution in [0.1, 0.15) is 38.7 Å². The second-order valence-electron chi connectivity index (χ2n) is 6.22. The zero-order valence-electron chi connectivity index (χ0n) is 14.5. The lowest BCUT2D eigenvalue weighted by atomic mass is 10.0. The fourth-order valence-corrected chi connectivity index (χ4v) is 4.12. The van der Waals surface area contributed by atoms with Crippen molar-refractivity contribution in [1.29, 1.82) is 0 Å². The molecular formula is C19H23NO4S. The average Bonchev–Trinajstić information content (AvgIpc) is 2.59. The third kappa shape index (κ3) is 3.50. The predicted octanol–water partition coefficient (Wildman–Crippen LogP) is 4.90. The Hall–Kier alpha value is -2.05. The highest BCUT2D eigenvalue weighted by Gasteiger charge is 2.35. The Morgan fingerprint density at radius 1 is 1.08 bits per heavy atom. The van der Waals surface area contributed by atoms with Crippen molar-refractivity contribution >= 4 is 21.5 Å². The molecule has 1 N–H and O–H groups in total. The second-order valence-corrected chi connectivity index (χ2v) is 7.80. The molecule has 2 aromatic rings. The number of ether oxygens (including phenoxy) is 1. The van der Waals surface area contributed by atoms with Gasteiger partial charge >= 0.3 is 0 Å². The number of benzene rings is 2. The van der Waals surface area contributed by atoms with E-state index in [1.807, 2.05) is 36.4 Å². The molecule has 1 atom stereocenters. The molecule has 0 aromatic heterocycles. The number of anilines is 2. The first-order valence-corrected chi connectivity index (χ1v) is 10.1. The first-order valence-electron chi connectivity index (χ1n) is 8.61. The molecule has 0 amide bonds. The molecule has 0 bridgehead atoms. The highest BCUT2D eigenvalue weighted by atomic mass is 32.2. The van der Waals surface area contributed by atoms with Crippen LogP contribution in [0.3, 0.4) is 0 Å². The summed E-state index contributed by atoms with van der Waals surface area (Å²) in [6.45, 7) is 3.88. The molecule has 134 valence electrons. The zero-order chi connectivity index (χ0) is 18.0. The molecule has 6 heteroatoms. The van der Waals surface area contributed by atoms with E-state index in [0.717, 1.165) is 24.8 Å². The van der Waals surface area contributed by atoms with Crippen molar-refractivity contribution in [2.24, 2.45) is 0 Å². The number of unbranched alkanes of at least 4 members (excludes halogenated alkanes) is 1. The van der Waals surface area contributed by atoms with E-state index in [1.165, 1.54) is 0 Å². The number of para-hydroxylation sites is 2. The minimum Gasteiger partial charge on any atom is -0.453 e. The fraction of sp³-hybridized carbons (Fsp3) is 0.368. The van der Waals surface area contributed by atoms with E-state index in [1.54, 1.807) is 17.9 Å². The molecule has 0 radical (unpaired) electrons. The number of hydrogen-bond acceptors (Lipinski definition) is 4. The van der Waals surface area contributed by atoms with E-state index in [9.17, 15) is 13.0 Å². The Bertz CT molecular complexity index is 863. The maximum atomic E-state index is 12.0. The van der Waals surface area contributed by atoms with Gasteiger partial charge in [-0.2, -0.15) is 8.42 Å². The largest absolute Gasteiger partial charge is 0.453 e. The fourth-order valence-electron chi connectivity index (χ4n) is 3.20. The van der Waals surface area contributed by atoms with Crippen LogP contribution in [0.5, 0.6) is 11.5 Å². The van der Waals surface area contributed by atoms with Crippen LogP contribution in [0.2, 0.25) is 0 Å². The summed E-state index contributed by atoms with van der Waals surface area (Å²) < 4.78 is 39.8. The van der Waals surface area contributed by atoms with Crippen molar-refractivity contribution in [3.05, 3.63) is 48.0 Å². The van der Waals surface area contributed by atoms with E-state index in [4.69, 9.17) is 4.74 Å². The Balaban J connectivity index is 2.15. The predicted molar refractivity (Wildman–Crippen MR) is 99.3 cm³/mol. The topological polar surface area (TPSA) is 66.8 Å². The van der Waals surface area contributed by atoms with Gasteiger partial charge < -0.3 is 9.64 Å². The molecule has 5 nitrogen and oxygen atoms in total. The van der Waals surface area contributed by atoms with Crippen LogP contribution in [-0.2, 0) is 16.5 Å². The molecule has 1 heterocycles. The molecule has 2 aromatic carbocycles. The quantitative estimate of drug-likeness (QED) is 0.742. The summed E-state index contributed by atoms with van der Waals surface area (Å²) in [7, 11) is -4.26. The number of nitrogens with zero attached hydrogens (tertiary/aromatic N) is 1. The number of fused-ring (bicyclic) bond motifs is 2. The van der Waals surface area contributed by atoms with E-state index in [-0.39, 0.29) is 6.42 Å². The van der Waals surface area contributed by atoms with E-state index in [2.05, 4.69) is 6.92 Å². The summed E-state index contributed by atoms with van der Waals surface area (Å²) >= 11 is 0. The van der Waals surface area contributed by atoms with Crippen LogP contribution >= 0.6 is 0 Å². The molecule has 0 saturated carbocycles. The molecule has 3 rings (SSSR count). The van der Waals surface area contributed by atoms with Gasteiger partial charge in [0.15, 0.2) is 16.9 Å². The zero-order valence-corrected chi connectivity index (χ0v) is 15.3. The molecule has 0 aliphatic carbocycles. The summed E-state index contributed by atoms with van der Waals surface area (Å²) in [6, 6.07) is 13.1. The molecule has 1 aliphatic rings. The van der Waals surface area contributed by atoms with Crippen molar-refractivity contribution in [2.45, 2.75) is 44.9 Å². The third-order valence-electron chi connectivity index (χ3n) is 4.43. The number of rotatable bonds is 6. The van der Waals surface area contributed by atoms with E-state index in [0.29, 0.717) is 22.9 Å². The van der Waals surface area contributed by atoms with E-state index < -0.39 is 15.5 Å². The average molecular weight is 361 g/mol. The lowest BCUT2D eigenvalue weighted by Gasteiger charge is -2.36. The first kappa shape index (κ1) is 17.8. The SMILES string of the molecule is CCCCc1ccc2c(c1)N(C(CC)S(=O)(=O)O)c1ccccc1O2. The molecule has 0 spiro atoms. The van der Waals surface area contributed by atoms with Gasteiger partial charge in [-0.3, -0.25) is 4.55 Å². The van der Waals surface area contributed by atoms with Crippen LogP contribution < -0.4 is 9.64 Å². The molecule has 0 saturated heterocycles. The standard InChI is InChI=1S/C19H23NO4S/c1-3-5-8-14-11-12-18-16(13-14)20(19(4-2)25(21,22)23)15-9-6-7-10-17(15)24-18/h6-7,9-13,19H,3-5,8H2,1-2H3,(H,21,22,23). The van der Waals surface area contributed by atoms with Gasteiger partial charge in [0.1, 0.15) is 0 Å². The molecule has 0 fully saturated rings. The van der Waals surface area contributed by atoms with Gasteiger partial charge in [0, 0.05) is 0 Å². The lowest BCUT2D eigenvalue weighted by Crippen LogP contribution is -2.38. The summed E-state index contributed by atoms with van der Waals surface area (Å²) in [4.78, 5) is 1.68. The number of aryl methyl sites for hydroxylation is 1. The van der Waals surface area contributed by atoms with Crippen molar-refractivity contribution in [3.63, 3.8) is 0 Å². The van der Waals surface area contributed by atoms with Gasteiger partial charge in [0.05, 0.1) is 11.4 Å². The van der Waals surface area contributed by atoms with E-state index >= 15 is 0 Å². The second kappa shape index (κ2) is 7.06. The van der Waals surface area contributed by atoms with Crippen molar-refractivity contribution in [2.75, 3.05) is 4.90 Å². The molecule has 1 aliphatic heterocycles. The van der Waals surface area contributed by atoms with Gasteiger partial charge in [-0.25, -0.2) is 0 Å². The minimum atomic E-state index is -4.26. The Morgan fingerprint density at radius 2 is 1.80 bits per heavy atom. The molecule has 1 unspecified atom stereocenters. The Labute approximate surface area is 149 Å². The number of hydrogen-bond donors (Lipinski definition) is 1. The van der Waals surface area contributed by atoms with Gasteiger partial charge in [0.2, 0.25) is 0 Å². The van der Waals surface area contributed by atoms with Crippen LogP contribution in [0.4, 0.5) is 11.4 Å². The minimum absolute atomic E-state index is 0.256. The lowest BCUT2D eigenvalue weighted by molar-refractivity contribution is 0.451. The Kier molecular flexibility index (Phi) is 5.01. The van der Waals surface area contributed by atoms with Crippen LogP contribution in [0.15, 0.2) is 42.5 Å². The summed E-state index contributed by atoms with van der Waals surface area (Å²) in [6.07, 6.45) is 3.32. The summed E-state index contributed by atoms with van der Waals surface area (Å²) in [5.41, 5.74) is 2.45. The third-order valence-corrected chi connectivity index (χ3v) is 5.66. The normalized spacial score (nSPS) is 14.4. The molecular weight excluding hydrogens is 338 g/mol. The molecule has 25 heavy (non-hydrogen) atoms. The van der Waals surface area contributed by atoms with Crippen molar-refractivity contribution in [3.8, 4) is 11.5 Å². The van der Waals surface area contributed by atoms with Crippen LogP contribution in [0, 0.1) is 0 Å². The summed E-state index contributed by atoms with van der Waals surface area (Å²) in [5, 5.41) is -1.06. The smallest absolute Gasteiger partial charge is 0.286 e. The van der Waals surface area contributed by atoms with Crippen molar-refractivity contribution in [1.82, 2.24) is 0 Å². The summed E-state index contributed by atoms with van der Waals surface area (Å²) in [5.74, 6) is 1.18. The van der Waals surface area contributed by atoms with Crippen LogP contribution in [0.25, 0.3) is 0 Å². The van der Waals surface area contributed by atoms with Gasteiger partial charge in [-0.1, -0.05) is 38.5 Å². The Morgan fingerprint density at radius 3 is 2.48 bits per heavy atom. The highest BCUT2D eigenvalue weighted by Crippen LogP contribution is 2.48. The van der Waals surface area contributed by atoms with Gasteiger partial charge in [-0.05, 0) is 49.1 Å². The highest BCUT2D eigenvalue weighted by molar-refractivity contribution is 7.86. The maximum Gasteiger partial charge on any atom is 0.286 e. The van der Waals surface area contributed by atoms with Gasteiger partial charge in [0.25, 0.3) is 10.1 Å². The maximum absolute atomic E-state index is 12.0.